The van der Waals surface area contributed by atoms with Gasteiger partial charge in [0.05, 0.1) is 5.69 Å². The molecular weight excluding hydrogens is 376 g/mol. The fourth-order valence-electron chi connectivity index (χ4n) is 2.75. The van der Waals surface area contributed by atoms with Gasteiger partial charge in [-0.3, -0.25) is 4.72 Å². The maximum absolute atomic E-state index is 13.0. The van der Waals surface area contributed by atoms with Crippen molar-refractivity contribution in [1.82, 2.24) is 15.2 Å². The Bertz CT molecular complexity index is 1070. The number of halogens is 1. The van der Waals surface area contributed by atoms with Crippen molar-refractivity contribution in [3.63, 3.8) is 0 Å². The second-order valence-corrected chi connectivity index (χ2v) is 8.05. The van der Waals surface area contributed by atoms with Crippen LogP contribution < -0.4 is 4.72 Å². The number of aromatic nitrogens is 3. The molecule has 2 N–H and O–H groups in total. The molecule has 3 aromatic rings. The van der Waals surface area contributed by atoms with Gasteiger partial charge in [-0.25, -0.2) is 8.42 Å². The minimum absolute atomic E-state index is 0.156. The monoisotopic (exact) mass is 394 g/mol. The number of hydrogen-bond donors (Lipinski definition) is 2. The second-order valence-electron chi connectivity index (χ2n) is 6.00. The summed E-state index contributed by atoms with van der Waals surface area (Å²) in [7, 11) is -3.83. The molecule has 26 heavy (non-hydrogen) atoms. The molecule has 0 bridgehead atoms. The summed E-state index contributed by atoms with van der Waals surface area (Å²) >= 11 is 5.99. The van der Waals surface area contributed by atoms with Crippen LogP contribution in [0, 0.1) is 20.8 Å². The first-order chi connectivity index (χ1) is 12.2. The SMILES string of the molecule is CCc1nnc(-c2[nH]c(C)c(S(=O)(=O)Nc3cc(Cl)ccc3C)c2C)o1. The van der Waals surface area contributed by atoms with Gasteiger partial charge in [0.2, 0.25) is 5.89 Å². The molecule has 0 atom stereocenters. The summed E-state index contributed by atoms with van der Waals surface area (Å²) in [5, 5.41) is 8.36. The van der Waals surface area contributed by atoms with Gasteiger partial charge in [0.15, 0.2) is 0 Å². The minimum atomic E-state index is -3.83. The Morgan fingerprint density at radius 1 is 1.23 bits per heavy atom. The predicted octanol–water partition coefficient (Wildman–Crippen LogP) is 4.01. The van der Waals surface area contributed by atoms with Crippen LogP contribution in [0.1, 0.15) is 29.6 Å². The van der Waals surface area contributed by atoms with Gasteiger partial charge < -0.3 is 9.40 Å². The van der Waals surface area contributed by atoms with Crippen molar-refractivity contribution in [2.45, 2.75) is 39.0 Å². The van der Waals surface area contributed by atoms with E-state index in [1.54, 1.807) is 39.0 Å². The third-order valence-electron chi connectivity index (χ3n) is 4.06. The molecule has 0 saturated heterocycles. The molecule has 0 unspecified atom stereocenters. The Kier molecular flexibility index (Phi) is 4.81. The zero-order chi connectivity index (χ0) is 19.1. The van der Waals surface area contributed by atoms with Gasteiger partial charge in [-0.15, -0.1) is 10.2 Å². The second kappa shape index (κ2) is 6.77. The summed E-state index contributed by atoms with van der Waals surface area (Å²) in [5.41, 5.74) is 2.71. The Morgan fingerprint density at radius 2 is 1.96 bits per heavy atom. The lowest BCUT2D eigenvalue weighted by Crippen LogP contribution is -2.15. The average Bonchev–Trinajstić information content (AvgIpc) is 3.15. The summed E-state index contributed by atoms with van der Waals surface area (Å²) in [6.45, 7) is 7.10. The van der Waals surface area contributed by atoms with Gasteiger partial charge in [0.1, 0.15) is 10.6 Å². The van der Waals surface area contributed by atoms with Crippen LogP contribution >= 0.6 is 11.6 Å². The fraction of sp³-hybridized carbons (Fsp3) is 0.294. The third-order valence-corrected chi connectivity index (χ3v) is 5.94. The number of nitrogens with one attached hydrogen (secondary N) is 2. The zero-order valence-electron chi connectivity index (χ0n) is 14.8. The molecule has 0 fully saturated rings. The zero-order valence-corrected chi connectivity index (χ0v) is 16.4. The number of aryl methyl sites for hydroxylation is 3. The summed E-state index contributed by atoms with van der Waals surface area (Å²) in [6, 6.07) is 5.05. The molecule has 0 aliphatic heterocycles. The molecular formula is C17H19ClN4O3S. The number of nitrogens with zero attached hydrogens (tertiary/aromatic N) is 2. The van der Waals surface area contributed by atoms with E-state index in [1.807, 2.05) is 6.92 Å². The number of anilines is 1. The number of hydrogen-bond acceptors (Lipinski definition) is 5. The van der Waals surface area contributed by atoms with Gasteiger partial charge in [0, 0.05) is 22.7 Å². The Labute approximate surface area is 156 Å². The summed E-state index contributed by atoms with van der Waals surface area (Å²) < 4.78 is 34.1. The van der Waals surface area contributed by atoms with E-state index in [2.05, 4.69) is 19.9 Å². The minimum Gasteiger partial charge on any atom is -0.419 e. The third kappa shape index (κ3) is 3.34. The molecule has 0 saturated carbocycles. The average molecular weight is 395 g/mol. The quantitative estimate of drug-likeness (QED) is 0.680. The van der Waals surface area contributed by atoms with Crippen LogP contribution in [-0.2, 0) is 16.4 Å². The molecule has 1 aromatic carbocycles. The van der Waals surface area contributed by atoms with Gasteiger partial charge >= 0.3 is 0 Å². The van der Waals surface area contributed by atoms with E-state index in [1.165, 1.54) is 0 Å². The van der Waals surface area contributed by atoms with E-state index in [0.717, 1.165) is 5.56 Å². The molecule has 0 amide bonds. The van der Waals surface area contributed by atoms with E-state index in [0.29, 0.717) is 40.0 Å². The summed E-state index contributed by atoms with van der Waals surface area (Å²) in [5.74, 6) is 0.756. The maximum atomic E-state index is 13.0. The fourth-order valence-corrected chi connectivity index (χ4v) is 4.49. The maximum Gasteiger partial charge on any atom is 0.264 e. The lowest BCUT2D eigenvalue weighted by Gasteiger charge is -2.11. The largest absolute Gasteiger partial charge is 0.419 e. The molecule has 0 radical (unpaired) electrons. The van der Waals surface area contributed by atoms with Crippen molar-refractivity contribution >= 4 is 27.3 Å². The van der Waals surface area contributed by atoms with Crippen molar-refractivity contribution in [3.8, 4) is 11.6 Å². The Morgan fingerprint density at radius 3 is 2.62 bits per heavy atom. The lowest BCUT2D eigenvalue weighted by atomic mass is 10.2. The molecule has 0 aliphatic rings. The van der Waals surface area contributed by atoms with Crippen LogP contribution in [0.25, 0.3) is 11.6 Å². The van der Waals surface area contributed by atoms with E-state index in [4.69, 9.17) is 16.0 Å². The van der Waals surface area contributed by atoms with Crippen LogP contribution in [0.2, 0.25) is 5.02 Å². The van der Waals surface area contributed by atoms with Gasteiger partial charge in [-0.2, -0.15) is 0 Å². The number of benzene rings is 1. The van der Waals surface area contributed by atoms with Crippen LogP contribution in [-0.4, -0.2) is 23.6 Å². The van der Waals surface area contributed by atoms with Crippen LogP contribution in [0.5, 0.6) is 0 Å². The van der Waals surface area contributed by atoms with Crippen molar-refractivity contribution in [3.05, 3.63) is 45.9 Å². The van der Waals surface area contributed by atoms with Crippen molar-refractivity contribution in [2.75, 3.05) is 4.72 Å². The van der Waals surface area contributed by atoms with Crippen molar-refractivity contribution in [1.29, 1.82) is 0 Å². The number of aromatic amines is 1. The van der Waals surface area contributed by atoms with Crippen LogP contribution in [0.4, 0.5) is 5.69 Å². The highest BCUT2D eigenvalue weighted by Gasteiger charge is 2.27. The molecule has 0 aliphatic carbocycles. The van der Waals surface area contributed by atoms with Crippen molar-refractivity contribution < 1.29 is 12.8 Å². The molecule has 2 aromatic heterocycles. The molecule has 7 nitrogen and oxygen atoms in total. The van der Waals surface area contributed by atoms with E-state index >= 15 is 0 Å². The van der Waals surface area contributed by atoms with Gasteiger partial charge in [-0.1, -0.05) is 24.6 Å². The first kappa shape index (κ1) is 18.5. The summed E-state index contributed by atoms with van der Waals surface area (Å²) in [6.07, 6.45) is 0.604. The molecule has 9 heteroatoms. The molecule has 138 valence electrons. The van der Waals surface area contributed by atoms with E-state index in [9.17, 15) is 8.42 Å². The van der Waals surface area contributed by atoms with E-state index in [-0.39, 0.29) is 10.8 Å². The highest BCUT2D eigenvalue weighted by Crippen LogP contribution is 2.32. The Hall–Kier alpha value is -2.32. The smallest absolute Gasteiger partial charge is 0.264 e. The number of sulfonamides is 1. The first-order valence-electron chi connectivity index (χ1n) is 8.03. The first-order valence-corrected chi connectivity index (χ1v) is 9.90. The molecule has 3 rings (SSSR count). The molecule has 0 spiro atoms. The topological polar surface area (TPSA) is 101 Å². The van der Waals surface area contributed by atoms with Crippen LogP contribution in [0.3, 0.4) is 0 Å². The standard InChI is InChI=1S/C17H19ClN4O3S/c1-5-14-20-21-17(25-14)15-10(3)16(11(4)19-15)26(23,24)22-13-8-12(18)7-6-9(13)2/h6-8,19,22H,5H2,1-4H3. The van der Waals surface area contributed by atoms with Gasteiger partial charge in [-0.05, 0) is 38.5 Å². The lowest BCUT2D eigenvalue weighted by molar-refractivity contribution is 0.511. The predicted molar refractivity (Wildman–Crippen MR) is 99.9 cm³/mol. The molecule has 2 heterocycles. The van der Waals surface area contributed by atoms with E-state index < -0.39 is 10.0 Å². The number of rotatable bonds is 5. The van der Waals surface area contributed by atoms with Crippen LogP contribution in [0.15, 0.2) is 27.5 Å². The highest BCUT2D eigenvalue weighted by molar-refractivity contribution is 7.92. The van der Waals surface area contributed by atoms with Gasteiger partial charge in [0.25, 0.3) is 15.9 Å². The van der Waals surface area contributed by atoms with Crippen molar-refractivity contribution in [2.24, 2.45) is 0 Å². The normalized spacial score (nSPS) is 11.7. The number of H-pyrrole nitrogens is 1. The summed E-state index contributed by atoms with van der Waals surface area (Å²) in [4.78, 5) is 3.20. The highest BCUT2D eigenvalue weighted by atomic mass is 35.5. The Balaban J connectivity index is 2.04.